The summed E-state index contributed by atoms with van der Waals surface area (Å²) in [4.78, 5) is 2.06. The Labute approximate surface area is 79.3 Å². The van der Waals surface area contributed by atoms with Crippen LogP contribution in [0.4, 0.5) is 0 Å². The molecule has 0 atom stereocenters. The monoisotopic (exact) mass is 179 g/mol. The van der Waals surface area contributed by atoms with Crippen LogP contribution < -0.4 is 5.01 Å². The highest BCUT2D eigenvalue weighted by Gasteiger charge is 2.26. The first kappa shape index (κ1) is 8.60. The second kappa shape index (κ2) is 2.76. The average molecular weight is 179 g/mol. The highest BCUT2D eigenvalue weighted by atomic mass is 15.7. The van der Waals surface area contributed by atoms with Gasteiger partial charge in [0.15, 0.2) is 0 Å². The Morgan fingerprint density at radius 1 is 1.38 bits per heavy atom. The topological polar surface area (TPSA) is 21.1 Å². The number of hydrogen-bond donors (Lipinski definition) is 0. The fraction of sp³-hybridized carbons (Fsp3) is 0.700. The van der Waals surface area contributed by atoms with E-state index < -0.39 is 0 Å². The van der Waals surface area contributed by atoms with Crippen LogP contribution in [0.1, 0.15) is 32.9 Å². The Morgan fingerprint density at radius 3 is 2.85 bits per heavy atom. The Bertz CT molecular complexity index is 295. The molecule has 0 N–H and O–H groups in total. The van der Waals surface area contributed by atoms with Crippen molar-refractivity contribution in [1.29, 1.82) is 0 Å². The third-order valence-corrected chi connectivity index (χ3v) is 2.51. The van der Waals surface area contributed by atoms with Gasteiger partial charge in [0.25, 0.3) is 0 Å². The smallest absolute Gasteiger partial charge is 0.0623 e. The lowest BCUT2D eigenvalue weighted by Gasteiger charge is -2.40. The molecule has 0 spiro atoms. The van der Waals surface area contributed by atoms with Crippen LogP contribution in [0.25, 0.3) is 0 Å². The van der Waals surface area contributed by atoms with E-state index >= 15 is 0 Å². The summed E-state index contributed by atoms with van der Waals surface area (Å²) in [5, 5.41) is 6.67. The molecule has 0 aliphatic carbocycles. The van der Waals surface area contributed by atoms with Gasteiger partial charge >= 0.3 is 0 Å². The summed E-state index contributed by atoms with van der Waals surface area (Å²) in [6.45, 7) is 7.79. The average Bonchev–Trinajstić information content (AvgIpc) is 2.48. The molecule has 13 heavy (non-hydrogen) atoms. The maximum Gasteiger partial charge on any atom is 0.0623 e. The molecule has 0 saturated carbocycles. The van der Waals surface area contributed by atoms with E-state index in [9.17, 15) is 0 Å². The Balaban J connectivity index is 2.35. The molecule has 1 aromatic heterocycles. The van der Waals surface area contributed by atoms with Crippen LogP contribution in [0.5, 0.6) is 0 Å². The van der Waals surface area contributed by atoms with Gasteiger partial charge in [-0.3, -0.25) is 5.01 Å². The minimum Gasteiger partial charge on any atom is -0.291 e. The lowest BCUT2D eigenvalue weighted by atomic mass is 10.1. The summed E-state index contributed by atoms with van der Waals surface area (Å²) in [5.41, 5.74) is 1.50. The van der Waals surface area contributed by atoms with Gasteiger partial charge in [0, 0.05) is 12.1 Å². The molecule has 0 radical (unpaired) electrons. The van der Waals surface area contributed by atoms with Crippen molar-refractivity contribution in [3.8, 4) is 0 Å². The minimum atomic E-state index is 0.168. The molecule has 1 aliphatic heterocycles. The summed E-state index contributed by atoms with van der Waals surface area (Å²) >= 11 is 0. The minimum absolute atomic E-state index is 0.168. The van der Waals surface area contributed by atoms with Crippen molar-refractivity contribution in [2.24, 2.45) is 0 Å². The van der Waals surface area contributed by atoms with Gasteiger partial charge in [0.1, 0.15) is 0 Å². The molecule has 3 nitrogen and oxygen atoms in total. The normalized spacial score (nSPS) is 17.3. The van der Waals surface area contributed by atoms with Crippen LogP contribution in [0.15, 0.2) is 12.3 Å². The number of nitrogens with zero attached hydrogens (tertiary/aromatic N) is 3. The highest BCUT2D eigenvalue weighted by molar-refractivity contribution is 5.11. The lowest BCUT2D eigenvalue weighted by Crippen LogP contribution is -2.52. The molecule has 0 unspecified atom stereocenters. The SMILES string of the molecule is CC(C)(C)N1CCCc2ccnn21. The molecule has 2 heterocycles. The van der Waals surface area contributed by atoms with E-state index in [1.54, 1.807) is 0 Å². The fourth-order valence-corrected chi connectivity index (χ4v) is 1.85. The van der Waals surface area contributed by atoms with E-state index in [2.05, 4.69) is 41.7 Å². The third-order valence-electron chi connectivity index (χ3n) is 2.51. The molecule has 0 bridgehead atoms. The Hall–Kier alpha value is -0.990. The predicted molar refractivity (Wildman–Crippen MR) is 53.4 cm³/mol. The van der Waals surface area contributed by atoms with Crippen molar-refractivity contribution in [2.45, 2.75) is 39.2 Å². The van der Waals surface area contributed by atoms with Crippen LogP contribution >= 0.6 is 0 Å². The predicted octanol–water partition coefficient (Wildman–Crippen LogP) is 1.57. The van der Waals surface area contributed by atoms with Crippen LogP contribution in [0.2, 0.25) is 0 Å². The number of fused-ring (bicyclic) bond motifs is 1. The standard InChI is InChI=1S/C10H17N3/c1-10(2,3)12-8-4-5-9-6-7-11-13(9)12/h6-7H,4-5,8H2,1-3H3. The van der Waals surface area contributed by atoms with Crippen molar-refractivity contribution in [1.82, 2.24) is 9.89 Å². The van der Waals surface area contributed by atoms with Crippen LogP contribution in [-0.4, -0.2) is 22.0 Å². The van der Waals surface area contributed by atoms with Crippen LogP contribution in [-0.2, 0) is 6.42 Å². The highest BCUT2D eigenvalue weighted by Crippen LogP contribution is 2.18. The summed E-state index contributed by atoms with van der Waals surface area (Å²) in [5.74, 6) is 0. The van der Waals surface area contributed by atoms with E-state index in [0.29, 0.717) is 0 Å². The zero-order valence-electron chi connectivity index (χ0n) is 8.62. The van der Waals surface area contributed by atoms with Crippen molar-refractivity contribution >= 4 is 0 Å². The van der Waals surface area contributed by atoms with Gasteiger partial charge in [-0.1, -0.05) is 0 Å². The van der Waals surface area contributed by atoms with E-state index in [1.165, 1.54) is 12.1 Å². The maximum absolute atomic E-state index is 4.35. The maximum atomic E-state index is 4.35. The van der Waals surface area contributed by atoms with Crippen molar-refractivity contribution in [3.63, 3.8) is 0 Å². The van der Waals surface area contributed by atoms with E-state index in [0.717, 1.165) is 13.0 Å². The second-order valence-electron chi connectivity index (χ2n) is 4.61. The molecular formula is C10H17N3. The lowest BCUT2D eigenvalue weighted by molar-refractivity contribution is 0.339. The third kappa shape index (κ3) is 1.43. The van der Waals surface area contributed by atoms with E-state index in [-0.39, 0.29) is 5.54 Å². The number of aryl methyl sites for hydroxylation is 1. The Morgan fingerprint density at radius 2 is 2.15 bits per heavy atom. The molecular weight excluding hydrogens is 162 g/mol. The molecule has 72 valence electrons. The first-order chi connectivity index (χ1) is 6.09. The number of aromatic nitrogens is 2. The van der Waals surface area contributed by atoms with Crippen LogP contribution in [0, 0.1) is 0 Å². The Kier molecular flexibility index (Phi) is 1.82. The molecule has 0 fully saturated rings. The zero-order chi connectivity index (χ0) is 9.47. The summed E-state index contributed by atoms with van der Waals surface area (Å²) < 4.78 is 0. The van der Waals surface area contributed by atoms with Crippen molar-refractivity contribution < 1.29 is 0 Å². The van der Waals surface area contributed by atoms with Gasteiger partial charge in [-0.25, -0.2) is 0 Å². The van der Waals surface area contributed by atoms with Gasteiger partial charge in [-0.15, -0.1) is 0 Å². The van der Waals surface area contributed by atoms with Crippen LogP contribution in [0.3, 0.4) is 0 Å². The summed E-state index contributed by atoms with van der Waals surface area (Å²) in [6.07, 6.45) is 4.29. The largest absolute Gasteiger partial charge is 0.291 e. The molecule has 3 heteroatoms. The van der Waals surface area contributed by atoms with Gasteiger partial charge < -0.3 is 0 Å². The van der Waals surface area contributed by atoms with Crippen molar-refractivity contribution in [3.05, 3.63) is 18.0 Å². The molecule has 1 aromatic rings. The first-order valence-electron chi connectivity index (χ1n) is 4.90. The molecule has 0 amide bonds. The van der Waals surface area contributed by atoms with Gasteiger partial charge in [0.05, 0.1) is 11.9 Å². The first-order valence-corrected chi connectivity index (χ1v) is 4.90. The molecule has 0 saturated heterocycles. The van der Waals surface area contributed by atoms with Gasteiger partial charge in [0.2, 0.25) is 0 Å². The van der Waals surface area contributed by atoms with Gasteiger partial charge in [-0.2, -0.15) is 9.89 Å². The van der Waals surface area contributed by atoms with E-state index in [4.69, 9.17) is 0 Å². The summed E-state index contributed by atoms with van der Waals surface area (Å²) in [7, 11) is 0. The number of rotatable bonds is 0. The van der Waals surface area contributed by atoms with Gasteiger partial charge in [-0.05, 0) is 39.7 Å². The van der Waals surface area contributed by atoms with Crippen molar-refractivity contribution in [2.75, 3.05) is 11.6 Å². The zero-order valence-corrected chi connectivity index (χ0v) is 8.62. The quantitative estimate of drug-likeness (QED) is 0.602. The summed E-state index contributed by atoms with van der Waals surface area (Å²) in [6, 6.07) is 2.11. The second-order valence-corrected chi connectivity index (χ2v) is 4.61. The molecule has 0 aromatic carbocycles. The molecule has 1 aliphatic rings. The molecule has 2 rings (SSSR count). The fourth-order valence-electron chi connectivity index (χ4n) is 1.85. The van der Waals surface area contributed by atoms with E-state index in [1.807, 2.05) is 6.20 Å². The number of hydrogen-bond acceptors (Lipinski definition) is 2.